The number of unbranched alkanes of at least 4 members (excludes halogenated alkanes) is 5. The Morgan fingerprint density at radius 1 is 1.18 bits per heavy atom. The van der Waals surface area contributed by atoms with Crippen LogP contribution in [-0.2, 0) is 14.9 Å². The van der Waals surface area contributed by atoms with Gasteiger partial charge in [-0.1, -0.05) is 38.7 Å². The Kier molecular flexibility index (Phi) is 14.3. The summed E-state index contributed by atoms with van der Waals surface area (Å²) in [6.07, 6.45) is 9.29. The summed E-state index contributed by atoms with van der Waals surface area (Å²) in [7, 11) is -4.43. The molecule has 0 unspecified atom stereocenters. The van der Waals surface area contributed by atoms with Crippen molar-refractivity contribution < 1.29 is 69.1 Å². The summed E-state index contributed by atoms with van der Waals surface area (Å²) in [5.41, 5.74) is 0. The third-order valence-corrected chi connectivity index (χ3v) is 2.74. The molecule has 0 aliphatic heterocycles. The first-order valence-corrected chi connectivity index (χ1v) is 7.16. The molecule has 0 atom stereocenters. The second-order valence-electron chi connectivity index (χ2n) is 3.77. The zero-order chi connectivity index (χ0) is 12.4. The Bertz CT molecular complexity index is 322. The van der Waals surface area contributed by atoms with Gasteiger partial charge in [0.25, 0.3) is 0 Å². The molecule has 0 bridgehead atoms. The summed E-state index contributed by atoms with van der Waals surface area (Å²) >= 11 is 0. The van der Waals surface area contributed by atoms with Crippen LogP contribution in [-0.4, -0.2) is 24.5 Å². The van der Waals surface area contributed by atoms with Crippen LogP contribution in [0.2, 0.25) is 0 Å². The summed E-state index contributed by atoms with van der Waals surface area (Å²) in [5.74, 6) is -1.57. The van der Waals surface area contributed by atoms with E-state index in [0.717, 1.165) is 19.3 Å². The summed E-state index contributed by atoms with van der Waals surface area (Å²) in [6, 6.07) is 0. The van der Waals surface area contributed by atoms with Crippen molar-refractivity contribution in [3.8, 4) is 0 Å². The smallest absolute Gasteiger partial charge is 0.748 e. The van der Waals surface area contributed by atoms with Gasteiger partial charge >= 0.3 is 51.4 Å². The van der Waals surface area contributed by atoms with Gasteiger partial charge in [-0.25, -0.2) is 8.42 Å². The molecule has 0 spiro atoms. The van der Waals surface area contributed by atoms with Gasteiger partial charge in [-0.3, -0.25) is 4.79 Å². The average molecular weight is 286 g/mol. The van der Waals surface area contributed by atoms with E-state index in [0.29, 0.717) is 0 Å². The van der Waals surface area contributed by atoms with E-state index >= 15 is 0 Å². The zero-order valence-corrected chi connectivity index (χ0v) is 14.6. The predicted octanol–water partition coefficient (Wildman–Crippen LogP) is -0.979. The summed E-state index contributed by atoms with van der Waals surface area (Å²) in [5, 5.41) is 0. The van der Waals surface area contributed by atoms with Crippen LogP contribution in [0.15, 0.2) is 12.2 Å². The quantitative estimate of drug-likeness (QED) is 0.236. The topological polar surface area (TPSA) is 74.3 Å². The Hall–Kier alpha value is 0.956. The normalized spacial score (nSPS) is 11.4. The first kappa shape index (κ1) is 20.3. The van der Waals surface area contributed by atoms with Crippen molar-refractivity contribution in [1.29, 1.82) is 0 Å². The number of carbonyl (C=O) groups is 1. The third kappa shape index (κ3) is 17.0. The molecule has 0 aromatic rings. The van der Waals surface area contributed by atoms with E-state index < -0.39 is 21.7 Å². The maximum absolute atomic E-state index is 10.9. The number of hydrogen-bond donors (Lipinski definition) is 0. The van der Waals surface area contributed by atoms with Gasteiger partial charge in [0.1, 0.15) is 15.9 Å². The predicted molar refractivity (Wildman–Crippen MR) is 62.1 cm³/mol. The number of rotatable bonds is 9. The summed E-state index contributed by atoms with van der Waals surface area (Å²) < 4.78 is 30.7. The maximum Gasteiger partial charge on any atom is 1.00 e. The van der Waals surface area contributed by atoms with E-state index in [9.17, 15) is 17.8 Å². The Morgan fingerprint density at radius 3 is 2.29 bits per heavy atom. The fourth-order valence-corrected chi connectivity index (χ4v) is 1.75. The third-order valence-electron chi connectivity index (χ3n) is 2.10. The van der Waals surface area contributed by atoms with Crippen molar-refractivity contribution in [2.75, 3.05) is 5.75 Å². The van der Waals surface area contributed by atoms with E-state index in [4.69, 9.17) is 0 Å². The van der Waals surface area contributed by atoms with Crippen LogP contribution < -0.4 is 51.4 Å². The largest absolute Gasteiger partial charge is 1.00 e. The van der Waals surface area contributed by atoms with Crippen molar-refractivity contribution in [2.45, 2.75) is 45.4 Å². The molecular formula is C11H19KO4S. The molecule has 0 rings (SSSR count). The molecule has 0 aromatic carbocycles. The van der Waals surface area contributed by atoms with Crippen LogP contribution in [0.4, 0.5) is 0 Å². The maximum atomic E-state index is 10.9. The number of hydrogen-bond acceptors (Lipinski definition) is 4. The summed E-state index contributed by atoms with van der Waals surface area (Å²) in [6.45, 7) is 2.14. The fraction of sp³-hybridized carbons (Fsp3) is 0.727. The van der Waals surface area contributed by atoms with E-state index in [1.165, 1.54) is 25.3 Å². The van der Waals surface area contributed by atoms with Gasteiger partial charge in [0.05, 0.1) is 0 Å². The minimum atomic E-state index is -4.43. The molecule has 0 saturated carbocycles. The van der Waals surface area contributed by atoms with Gasteiger partial charge in [0.2, 0.25) is 0 Å². The van der Waals surface area contributed by atoms with Crippen molar-refractivity contribution in [2.24, 2.45) is 0 Å². The molecule has 6 heteroatoms. The van der Waals surface area contributed by atoms with Gasteiger partial charge in [-0.15, -0.1) is 0 Å². The van der Waals surface area contributed by atoms with Gasteiger partial charge < -0.3 is 4.55 Å². The molecule has 0 fully saturated rings. The molecule has 0 aromatic heterocycles. The van der Waals surface area contributed by atoms with E-state index in [2.05, 4.69) is 6.92 Å². The molecule has 17 heavy (non-hydrogen) atoms. The van der Waals surface area contributed by atoms with Gasteiger partial charge in [0, 0.05) is 0 Å². The van der Waals surface area contributed by atoms with Gasteiger partial charge in [0.15, 0.2) is 5.78 Å². The van der Waals surface area contributed by atoms with Gasteiger partial charge in [-0.2, -0.15) is 0 Å². The first-order chi connectivity index (χ1) is 7.45. The fourth-order valence-electron chi connectivity index (χ4n) is 1.30. The van der Waals surface area contributed by atoms with E-state index in [-0.39, 0.29) is 51.4 Å². The SMILES string of the molecule is CCCCCCCC=CC(=O)CS(=O)(=O)[O-].[K+]. The molecule has 0 aliphatic carbocycles. The van der Waals surface area contributed by atoms with Crippen LogP contribution in [0, 0.1) is 0 Å². The minimum Gasteiger partial charge on any atom is -0.748 e. The van der Waals surface area contributed by atoms with Crippen molar-refractivity contribution in [3.63, 3.8) is 0 Å². The molecule has 94 valence electrons. The van der Waals surface area contributed by atoms with Crippen LogP contribution in [0.3, 0.4) is 0 Å². The molecule has 0 saturated heterocycles. The van der Waals surface area contributed by atoms with Gasteiger partial charge in [-0.05, 0) is 18.9 Å². The number of allylic oxidation sites excluding steroid dienone is 2. The van der Waals surface area contributed by atoms with Crippen LogP contribution in [0.1, 0.15) is 45.4 Å². The average Bonchev–Trinajstić information content (AvgIpc) is 2.13. The van der Waals surface area contributed by atoms with E-state index in [1.807, 2.05) is 0 Å². The molecule has 4 nitrogen and oxygen atoms in total. The molecule has 0 aliphatic rings. The Balaban J connectivity index is 0. The second kappa shape index (κ2) is 12.0. The van der Waals surface area contributed by atoms with Crippen molar-refractivity contribution in [1.82, 2.24) is 0 Å². The standard InChI is InChI=1S/C11H20O4S.K/c1-2-3-4-5-6-7-8-9-11(12)10-16(13,14)15;/h8-9H,2-7,10H2,1H3,(H,13,14,15);/q;+1/p-1. The minimum absolute atomic E-state index is 0. The first-order valence-electron chi connectivity index (χ1n) is 5.58. The molecule has 0 amide bonds. The Labute approximate surface area is 146 Å². The van der Waals surface area contributed by atoms with Crippen LogP contribution >= 0.6 is 0 Å². The number of ketones is 1. The molecular weight excluding hydrogens is 267 g/mol. The van der Waals surface area contributed by atoms with E-state index in [1.54, 1.807) is 6.08 Å². The zero-order valence-electron chi connectivity index (χ0n) is 10.6. The summed E-state index contributed by atoms with van der Waals surface area (Å²) in [4.78, 5) is 10.9. The van der Waals surface area contributed by atoms with Crippen molar-refractivity contribution in [3.05, 3.63) is 12.2 Å². The van der Waals surface area contributed by atoms with Crippen LogP contribution in [0.5, 0.6) is 0 Å². The molecule has 0 heterocycles. The monoisotopic (exact) mass is 286 g/mol. The van der Waals surface area contributed by atoms with Crippen molar-refractivity contribution >= 4 is 15.9 Å². The number of carbonyl (C=O) groups excluding carboxylic acids is 1. The van der Waals surface area contributed by atoms with Crippen LogP contribution in [0.25, 0.3) is 0 Å². The molecule has 0 radical (unpaired) electrons. The second-order valence-corrected chi connectivity index (χ2v) is 5.18. The molecule has 0 N–H and O–H groups in total. The Morgan fingerprint density at radius 2 is 1.76 bits per heavy atom.